The molecule has 2 rings (SSSR count). The Morgan fingerprint density at radius 1 is 1.47 bits per heavy atom. The summed E-state index contributed by atoms with van der Waals surface area (Å²) < 4.78 is 6.96. The minimum absolute atomic E-state index is 0.0215. The predicted octanol–water partition coefficient (Wildman–Crippen LogP) is 2.03. The van der Waals surface area contributed by atoms with Gasteiger partial charge in [0.15, 0.2) is 6.23 Å². The van der Waals surface area contributed by atoms with Crippen LogP contribution in [0.4, 0.5) is 0 Å². The van der Waals surface area contributed by atoms with Crippen LogP contribution in [0, 0.1) is 6.92 Å². The van der Waals surface area contributed by atoms with Gasteiger partial charge in [0, 0.05) is 18.3 Å². The standard InChI is InChI=1S/C11H16N2O3.C3H8/c1-3-8-6-9(14)10(16-8)13-5-4-7(2)12-11(13)15;1-3-2/h4-5,8-10,14H,3,6H2,1-2H3;3H2,1-2H3. The molecular formula is C14H24N2O3. The Morgan fingerprint density at radius 2 is 2.11 bits per heavy atom. The summed E-state index contributed by atoms with van der Waals surface area (Å²) in [6.45, 7) is 8.00. The van der Waals surface area contributed by atoms with Crippen molar-refractivity contribution in [2.45, 2.75) is 65.4 Å². The van der Waals surface area contributed by atoms with Crippen molar-refractivity contribution in [1.29, 1.82) is 0 Å². The molecule has 1 aliphatic heterocycles. The molecule has 3 unspecified atom stereocenters. The van der Waals surface area contributed by atoms with E-state index in [0.29, 0.717) is 12.1 Å². The van der Waals surface area contributed by atoms with E-state index in [1.165, 1.54) is 11.0 Å². The molecule has 0 aromatic carbocycles. The largest absolute Gasteiger partial charge is 0.388 e. The maximum atomic E-state index is 11.6. The maximum absolute atomic E-state index is 11.6. The van der Waals surface area contributed by atoms with Crippen molar-refractivity contribution in [3.05, 3.63) is 28.4 Å². The molecule has 0 saturated carbocycles. The second-order valence-electron chi connectivity index (χ2n) is 4.83. The van der Waals surface area contributed by atoms with E-state index < -0.39 is 12.3 Å². The molecule has 1 saturated heterocycles. The molecule has 5 heteroatoms. The Morgan fingerprint density at radius 3 is 2.58 bits per heavy atom. The minimum Gasteiger partial charge on any atom is -0.388 e. The van der Waals surface area contributed by atoms with Crippen LogP contribution < -0.4 is 5.69 Å². The second kappa shape index (κ2) is 7.40. The average molecular weight is 268 g/mol. The maximum Gasteiger partial charge on any atom is 0.349 e. The summed E-state index contributed by atoms with van der Waals surface area (Å²) in [6.07, 6.45) is 3.07. The molecular weight excluding hydrogens is 244 g/mol. The first-order valence-electron chi connectivity index (χ1n) is 6.92. The highest BCUT2D eigenvalue weighted by Gasteiger charge is 2.34. The third-order valence-electron chi connectivity index (χ3n) is 2.86. The molecule has 0 amide bonds. The molecule has 0 bridgehead atoms. The van der Waals surface area contributed by atoms with E-state index in [9.17, 15) is 9.90 Å². The third-order valence-corrected chi connectivity index (χ3v) is 2.86. The fraction of sp³-hybridized carbons (Fsp3) is 0.714. The number of rotatable bonds is 2. The van der Waals surface area contributed by atoms with Gasteiger partial charge in [0.05, 0.1) is 6.10 Å². The lowest BCUT2D eigenvalue weighted by Crippen LogP contribution is -2.31. The van der Waals surface area contributed by atoms with Gasteiger partial charge in [-0.1, -0.05) is 27.2 Å². The van der Waals surface area contributed by atoms with Crippen molar-refractivity contribution in [1.82, 2.24) is 9.55 Å². The van der Waals surface area contributed by atoms with Gasteiger partial charge < -0.3 is 9.84 Å². The fourth-order valence-corrected chi connectivity index (χ4v) is 1.93. The number of hydrogen-bond donors (Lipinski definition) is 1. The summed E-state index contributed by atoms with van der Waals surface area (Å²) in [5.41, 5.74) is 0.293. The van der Waals surface area contributed by atoms with Crippen LogP contribution in [0.5, 0.6) is 0 Å². The Kier molecular flexibility index (Phi) is 6.18. The van der Waals surface area contributed by atoms with E-state index in [1.54, 1.807) is 19.2 Å². The van der Waals surface area contributed by atoms with Gasteiger partial charge in [0.25, 0.3) is 0 Å². The number of aromatic nitrogens is 2. The lowest BCUT2D eigenvalue weighted by molar-refractivity contribution is -0.0404. The van der Waals surface area contributed by atoms with E-state index >= 15 is 0 Å². The number of aryl methyl sites for hydroxylation is 1. The molecule has 1 fully saturated rings. The number of aliphatic hydroxyl groups excluding tert-OH is 1. The molecule has 1 aliphatic rings. The van der Waals surface area contributed by atoms with Crippen LogP contribution in [-0.2, 0) is 4.74 Å². The number of aliphatic hydroxyl groups is 1. The quantitative estimate of drug-likeness (QED) is 0.891. The zero-order valence-corrected chi connectivity index (χ0v) is 12.2. The fourth-order valence-electron chi connectivity index (χ4n) is 1.93. The SMILES string of the molecule is CCC.CCC1CC(O)C(n2ccc(C)nc2=O)O1. The van der Waals surface area contributed by atoms with Gasteiger partial charge in [-0.15, -0.1) is 0 Å². The Balaban J connectivity index is 0.000000550. The van der Waals surface area contributed by atoms with Gasteiger partial charge >= 0.3 is 5.69 Å². The van der Waals surface area contributed by atoms with Crippen LogP contribution in [0.1, 0.15) is 52.0 Å². The molecule has 1 N–H and O–H groups in total. The van der Waals surface area contributed by atoms with Gasteiger partial charge in [-0.2, -0.15) is 4.98 Å². The van der Waals surface area contributed by atoms with Crippen LogP contribution in [0.15, 0.2) is 17.1 Å². The summed E-state index contributed by atoms with van der Waals surface area (Å²) in [5, 5.41) is 9.83. The number of hydrogen-bond acceptors (Lipinski definition) is 4. The van der Waals surface area contributed by atoms with Crippen LogP contribution in [0.25, 0.3) is 0 Å². The summed E-state index contributed by atoms with van der Waals surface area (Å²) >= 11 is 0. The Bertz CT molecular complexity index is 445. The zero-order chi connectivity index (χ0) is 14.4. The molecule has 1 aromatic heterocycles. The van der Waals surface area contributed by atoms with Gasteiger partial charge in [-0.05, 0) is 19.4 Å². The lowest BCUT2D eigenvalue weighted by Gasteiger charge is -2.16. The Hall–Kier alpha value is -1.20. The highest BCUT2D eigenvalue weighted by atomic mass is 16.5. The molecule has 2 heterocycles. The van der Waals surface area contributed by atoms with Gasteiger partial charge in [0.2, 0.25) is 0 Å². The smallest absolute Gasteiger partial charge is 0.349 e. The second-order valence-corrected chi connectivity index (χ2v) is 4.83. The van der Waals surface area contributed by atoms with Crippen LogP contribution in [0.2, 0.25) is 0 Å². The van der Waals surface area contributed by atoms with E-state index in [4.69, 9.17) is 4.74 Å². The average Bonchev–Trinajstić information content (AvgIpc) is 2.72. The molecule has 19 heavy (non-hydrogen) atoms. The van der Waals surface area contributed by atoms with Crippen molar-refractivity contribution >= 4 is 0 Å². The summed E-state index contributed by atoms with van der Waals surface area (Å²) in [4.78, 5) is 15.4. The highest BCUT2D eigenvalue weighted by molar-refractivity contribution is 4.97. The third kappa shape index (κ3) is 4.14. The van der Waals surface area contributed by atoms with Crippen molar-refractivity contribution in [2.24, 2.45) is 0 Å². The van der Waals surface area contributed by atoms with Crippen molar-refractivity contribution < 1.29 is 9.84 Å². The number of nitrogens with zero attached hydrogens (tertiary/aromatic N) is 2. The molecule has 1 aromatic rings. The minimum atomic E-state index is -0.632. The Labute approximate surface area is 114 Å². The van der Waals surface area contributed by atoms with Crippen molar-refractivity contribution in [3.8, 4) is 0 Å². The molecule has 3 atom stereocenters. The van der Waals surface area contributed by atoms with Crippen molar-refractivity contribution in [2.75, 3.05) is 0 Å². The topological polar surface area (TPSA) is 64.3 Å². The first kappa shape index (κ1) is 15.9. The molecule has 0 aliphatic carbocycles. The van der Waals surface area contributed by atoms with Crippen LogP contribution in [-0.4, -0.2) is 26.9 Å². The van der Waals surface area contributed by atoms with Crippen LogP contribution >= 0.6 is 0 Å². The first-order valence-corrected chi connectivity index (χ1v) is 6.92. The summed E-state index contributed by atoms with van der Waals surface area (Å²) in [6, 6.07) is 1.73. The van der Waals surface area contributed by atoms with Gasteiger partial charge in [0.1, 0.15) is 6.10 Å². The van der Waals surface area contributed by atoms with Crippen LogP contribution in [0.3, 0.4) is 0 Å². The lowest BCUT2D eigenvalue weighted by atomic mass is 10.1. The van der Waals surface area contributed by atoms with E-state index in [2.05, 4.69) is 18.8 Å². The first-order chi connectivity index (χ1) is 9.03. The summed E-state index contributed by atoms with van der Waals surface area (Å²) in [7, 11) is 0. The van der Waals surface area contributed by atoms with Gasteiger partial charge in [-0.3, -0.25) is 4.57 Å². The molecule has 5 nitrogen and oxygen atoms in total. The zero-order valence-electron chi connectivity index (χ0n) is 12.2. The van der Waals surface area contributed by atoms with E-state index in [0.717, 1.165) is 6.42 Å². The van der Waals surface area contributed by atoms with Crippen molar-refractivity contribution in [3.63, 3.8) is 0 Å². The highest BCUT2D eigenvalue weighted by Crippen LogP contribution is 2.28. The van der Waals surface area contributed by atoms with E-state index in [1.807, 2.05) is 6.92 Å². The summed E-state index contributed by atoms with van der Waals surface area (Å²) in [5.74, 6) is 0. The molecule has 0 radical (unpaired) electrons. The normalized spacial score (nSPS) is 25.8. The predicted molar refractivity (Wildman–Crippen MR) is 74.0 cm³/mol. The van der Waals surface area contributed by atoms with Gasteiger partial charge in [-0.25, -0.2) is 4.79 Å². The van der Waals surface area contributed by atoms with E-state index in [-0.39, 0.29) is 11.8 Å². The number of ether oxygens (including phenoxy) is 1. The monoisotopic (exact) mass is 268 g/mol. The molecule has 108 valence electrons. The molecule has 0 spiro atoms.